The van der Waals surface area contributed by atoms with E-state index in [-0.39, 0.29) is 18.7 Å². The number of benzene rings is 1. The Morgan fingerprint density at radius 2 is 2.18 bits per heavy atom. The summed E-state index contributed by atoms with van der Waals surface area (Å²) in [6, 6.07) is 6.94. The molecule has 0 radical (unpaired) electrons. The summed E-state index contributed by atoms with van der Waals surface area (Å²) in [6.45, 7) is 1.29. The van der Waals surface area contributed by atoms with Crippen LogP contribution in [0.4, 0.5) is 10.5 Å². The minimum atomic E-state index is -0.225. The van der Waals surface area contributed by atoms with E-state index in [1.807, 2.05) is 0 Å². The van der Waals surface area contributed by atoms with Crippen LogP contribution in [0, 0.1) is 0 Å². The fourth-order valence-corrected chi connectivity index (χ4v) is 1.69. The summed E-state index contributed by atoms with van der Waals surface area (Å²) in [5.41, 5.74) is 1.53. The highest BCUT2D eigenvalue weighted by molar-refractivity contribution is 5.89. The maximum atomic E-state index is 11.6. The molecule has 2 rings (SSSR count). The van der Waals surface area contributed by atoms with Crippen molar-refractivity contribution >= 4 is 11.7 Å². The molecule has 0 bridgehead atoms. The van der Waals surface area contributed by atoms with Crippen molar-refractivity contribution in [3.05, 3.63) is 29.8 Å². The van der Waals surface area contributed by atoms with E-state index in [4.69, 9.17) is 9.84 Å². The largest absolute Gasteiger partial charge is 0.392 e. The normalized spacial score (nSPS) is 19.0. The van der Waals surface area contributed by atoms with Gasteiger partial charge in [-0.25, -0.2) is 4.79 Å². The van der Waals surface area contributed by atoms with Crippen molar-refractivity contribution in [2.24, 2.45) is 0 Å². The molecular weight excluding hydrogens is 220 g/mol. The van der Waals surface area contributed by atoms with Crippen molar-refractivity contribution in [2.75, 3.05) is 18.5 Å². The van der Waals surface area contributed by atoms with Gasteiger partial charge >= 0.3 is 6.03 Å². The van der Waals surface area contributed by atoms with Crippen molar-refractivity contribution in [2.45, 2.75) is 19.1 Å². The van der Waals surface area contributed by atoms with Crippen LogP contribution >= 0.6 is 0 Å². The van der Waals surface area contributed by atoms with Gasteiger partial charge in [0.2, 0.25) is 0 Å². The first-order valence-electron chi connectivity index (χ1n) is 5.63. The van der Waals surface area contributed by atoms with Crippen molar-refractivity contribution in [3.63, 3.8) is 0 Å². The number of hydrogen-bond acceptors (Lipinski definition) is 3. The fourth-order valence-electron chi connectivity index (χ4n) is 1.69. The van der Waals surface area contributed by atoms with Gasteiger partial charge in [-0.15, -0.1) is 0 Å². The Morgan fingerprint density at radius 1 is 1.41 bits per heavy atom. The Labute approximate surface area is 99.8 Å². The minimum absolute atomic E-state index is 0.00584. The average molecular weight is 236 g/mol. The van der Waals surface area contributed by atoms with Gasteiger partial charge in [0.15, 0.2) is 0 Å². The van der Waals surface area contributed by atoms with Crippen molar-refractivity contribution in [3.8, 4) is 0 Å². The van der Waals surface area contributed by atoms with Crippen LogP contribution in [0.5, 0.6) is 0 Å². The number of aliphatic hydroxyl groups is 1. The second kappa shape index (κ2) is 5.65. The van der Waals surface area contributed by atoms with Crippen LogP contribution in [0.1, 0.15) is 12.0 Å². The smallest absolute Gasteiger partial charge is 0.319 e. The van der Waals surface area contributed by atoms with Gasteiger partial charge in [0, 0.05) is 12.3 Å². The number of hydrogen-bond donors (Lipinski definition) is 3. The highest BCUT2D eigenvalue weighted by Crippen LogP contribution is 2.10. The zero-order valence-electron chi connectivity index (χ0n) is 9.48. The Morgan fingerprint density at radius 3 is 2.76 bits per heavy atom. The molecule has 0 aromatic heterocycles. The Hall–Kier alpha value is -1.59. The van der Waals surface area contributed by atoms with Crippen molar-refractivity contribution in [1.82, 2.24) is 5.32 Å². The summed E-state index contributed by atoms with van der Waals surface area (Å²) < 4.78 is 5.17. The molecule has 1 heterocycles. The summed E-state index contributed by atoms with van der Waals surface area (Å²) in [5.74, 6) is 0. The highest BCUT2D eigenvalue weighted by Gasteiger charge is 2.17. The van der Waals surface area contributed by atoms with Crippen LogP contribution in [-0.4, -0.2) is 30.4 Å². The Kier molecular flexibility index (Phi) is 3.95. The standard InChI is InChI=1S/C12H16N2O3/c15-7-9-1-3-10(4-2-9)13-12(16)14-11-5-6-17-8-11/h1-4,11,15H,5-8H2,(H2,13,14,16). The van der Waals surface area contributed by atoms with Gasteiger partial charge in [-0.2, -0.15) is 0 Å². The van der Waals surface area contributed by atoms with Gasteiger partial charge in [0.1, 0.15) is 0 Å². The molecule has 1 aliphatic rings. The molecular formula is C12H16N2O3. The third kappa shape index (κ3) is 3.44. The third-order valence-corrected chi connectivity index (χ3v) is 2.66. The third-order valence-electron chi connectivity index (χ3n) is 2.66. The first-order valence-corrected chi connectivity index (χ1v) is 5.63. The number of aliphatic hydroxyl groups excluding tert-OH is 1. The van der Waals surface area contributed by atoms with E-state index < -0.39 is 0 Å². The summed E-state index contributed by atoms with van der Waals surface area (Å²) >= 11 is 0. The summed E-state index contributed by atoms with van der Waals surface area (Å²) in [5, 5.41) is 14.5. The molecule has 3 N–H and O–H groups in total. The molecule has 0 spiro atoms. The second-order valence-electron chi connectivity index (χ2n) is 4.01. The van der Waals surface area contributed by atoms with E-state index >= 15 is 0 Å². The summed E-state index contributed by atoms with van der Waals surface area (Å²) in [4.78, 5) is 11.6. The first-order chi connectivity index (χ1) is 8.28. The van der Waals surface area contributed by atoms with Crippen LogP contribution in [-0.2, 0) is 11.3 Å². The topological polar surface area (TPSA) is 70.6 Å². The van der Waals surface area contributed by atoms with Crippen molar-refractivity contribution in [1.29, 1.82) is 0 Å². The van der Waals surface area contributed by atoms with Crippen LogP contribution < -0.4 is 10.6 Å². The lowest BCUT2D eigenvalue weighted by Gasteiger charge is -2.12. The van der Waals surface area contributed by atoms with Crippen LogP contribution in [0.2, 0.25) is 0 Å². The number of nitrogens with one attached hydrogen (secondary N) is 2. The zero-order valence-corrected chi connectivity index (χ0v) is 9.48. The van der Waals surface area contributed by atoms with Crippen LogP contribution in [0.3, 0.4) is 0 Å². The van der Waals surface area contributed by atoms with E-state index in [0.717, 1.165) is 12.0 Å². The molecule has 1 unspecified atom stereocenters. The number of ether oxygens (including phenoxy) is 1. The monoisotopic (exact) mass is 236 g/mol. The number of rotatable bonds is 3. The van der Waals surface area contributed by atoms with Gasteiger partial charge < -0.3 is 20.5 Å². The van der Waals surface area contributed by atoms with E-state index in [1.165, 1.54) is 0 Å². The fraction of sp³-hybridized carbons (Fsp3) is 0.417. The predicted molar refractivity (Wildman–Crippen MR) is 63.7 cm³/mol. The predicted octanol–water partition coefficient (Wildman–Crippen LogP) is 1.09. The van der Waals surface area contributed by atoms with Gasteiger partial charge in [0.05, 0.1) is 19.3 Å². The van der Waals surface area contributed by atoms with Gasteiger partial charge in [-0.05, 0) is 24.1 Å². The lowest BCUT2D eigenvalue weighted by Crippen LogP contribution is -2.38. The lowest BCUT2D eigenvalue weighted by molar-refractivity contribution is 0.189. The van der Waals surface area contributed by atoms with Gasteiger partial charge in [-0.3, -0.25) is 0 Å². The Balaban J connectivity index is 1.84. The van der Waals surface area contributed by atoms with Gasteiger partial charge in [-0.1, -0.05) is 12.1 Å². The second-order valence-corrected chi connectivity index (χ2v) is 4.01. The molecule has 0 aliphatic carbocycles. The molecule has 92 valence electrons. The molecule has 1 saturated heterocycles. The number of urea groups is 1. The molecule has 2 amide bonds. The maximum absolute atomic E-state index is 11.6. The van der Waals surface area contributed by atoms with Crippen molar-refractivity contribution < 1.29 is 14.6 Å². The number of amides is 2. The molecule has 5 heteroatoms. The molecule has 1 aromatic carbocycles. The molecule has 1 aliphatic heterocycles. The van der Waals surface area contributed by atoms with Crippen LogP contribution in [0.15, 0.2) is 24.3 Å². The average Bonchev–Trinajstić information content (AvgIpc) is 2.82. The number of anilines is 1. The van der Waals surface area contributed by atoms with E-state index in [0.29, 0.717) is 18.9 Å². The summed E-state index contributed by atoms with van der Waals surface area (Å²) in [6.07, 6.45) is 0.858. The van der Waals surface area contributed by atoms with E-state index in [2.05, 4.69) is 10.6 Å². The molecule has 5 nitrogen and oxygen atoms in total. The molecule has 17 heavy (non-hydrogen) atoms. The molecule has 1 fully saturated rings. The maximum Gasteiger partial charge on any atom is 0.319 e. The lowest BCUT2D eigenvalue weighted by atomic mass is 10.2. The van der Waals surface area contributed by atoms with Gasteiger partial charge in [0.25, 0.3) is 0 Å². The summed E-state index contributed by atoms with van der Waals surface area (Å²) in [7, 11) is 0. The van der Waals surface area contributed by atoms with E-state index in [9.17, 15) is 4.79 Å². The molecule has 1 aromatic rings. The molecule has 1 atom stereocenters. The quantitative estimate of drug-likeness (QED) is 0.735. The van der Waals surface area contributed by atoms with E-state index in [1.54, 1.807) is 24.3 Å². The first kappa shape index (κ1) is 11.9. The minimum Gasteiger partial charge on any atom is -0.392 e. The van der Waals surface area contributed by atoms with Crippen LogP contribution in [0.25, 0.3) is 0 Å². The SMILES string of the molecule is O=C(Nc1ccc(CO)cc1)NC1CCOC1. The Bertz CT molecular complexity index is 372. The zero-order chi connectivity index (χ0) is 12.1. The molecule has 0 saturated carbocycles. The number of carbonyl (C=O) groups is 1. The highest BCUT2D eigenvalue weighted by atomic mass is 16.5. The number of carbonyl (C=O) groups excluding carboxylic acids is 1.